The molecule has 0 saturated heterocycles. The molecule has 0 fully saturated rings. The van der Waals surface area contributed by atoms with Crippen molar-refractivity contribution < 1.29 is 14.8 Å². The minimum Gasteiger partial charge on any atom is -0.422 e. The van der Waals surface area contributed by atoms with E-state index in [0.29, 0.717) is 5.59 Å². The van der Waals surface area contributed by atoms with E-state index in [1.807, 2.05) is 30.3 Å². The lowest BCUT2D eigenvalue weighted by Gasteiger charge is -2.38. The molecule has 1 heterocycles. The van der Waals surface area contributed by atoms with Crippen molar-refractivity contribution in [1.29, 1.82) is 0 Å². The highest BCUT2D eigenvalue weighted by Gasteiger charge is 2.40. The summed E-state index contributed by atoms with van der Waals surface area (Å²) in [5.41, 5.74) is -0.663. The van der Waals surface area contributed by atoms with Crippen LogP contribution in [0.15, 0.2) is 42.6 Å². The van der Waals surface area contributed by atoms with Crippen molar-refractivity contribution in [2.45, 2.75) is 38.9 Å². The highest BCUT2D eigenvalue weighted by molar-refractivity contribution is 6.59. The van der Waals surface area contributed by atoms with Crippen molar-refractivity contribution in [3.63, 3.8) is 0 Å². The van der Waals surface area contributed by atoms with Crippen LogP contribution in [-0.2, 0) is 4.65 Å². The standard InChI is InChI=1S/C15H21BN2O3/c1-14(2,19)15(3,4)21-16(20)13-10-11-17-18(13)12-8-6-5-7-9-12/h5-11,19-20H,1-4H3. The Kier molecular flexibility index (Phi) is 4.23. The Morgan fingerprint density at radius 2 is 1.71 bits per heavy atom. The van der Waals surface area contributed by atoms with Gasteiger partial charge in [-0.3, -0.25) is 0 Å². The lowest BCUT2D eigenvalue weighted by atomic mass is 9.80. The fraction of sp³-hybridized carbons (Fsp3) is 0.400. The summed E-state index contributed by atoms with van der Waals surface area (Å²) in [6, 6.07) is 11.2. The van der Waals surface area contributed by atoms with Crippen molar-refractivity contribution in [2.24, 2.45) is 0 Å². The minimum atomic E-state index is -1.19. The second kappa shape index (κ2) is 5.64. The van der Waals surface area contributed by atoms with Crippen LogP contribution in [0.2, 0.25) is 0 Å². The summed E-state index contributed by atoms with van der Waals surface area (Å²) in [4.78, 5) is 0. The summed E-state index contributed by atoms with van der Waals surface area (Å²) in [6.45, 7) is 6.77. The molecule has 0 amide bonds. The molecule has 2 aromatic rings. The smallest absolute Gasteiger partial charge is 0.422 e. The molecule has 0 radical (unpaired) electrons. The number of aromatic nitrogens is 2. The van der Waals surface area contributed by atoms with Gasteiger partial charge in [0.1, 0.15) is 0 Å². The van der Waals surface area contributed by atoms with E-state index in [0.717, 1.165) is 5.69 Å². The second-order valence-corrected chi connectivity index (χ2v) is 6.04. The lowest BCUT2D eigenvalue weighted by molar-refractivity contribution is -0.0984. The molecule has 0 unspecified atom stereocenters. The van der Waals surface area contributed by atoms with Gasteiger partial charge >= 0.3 is 7.12 Å². The zero-order valence-corrected chi connectivity index (χ0v) is 12.8. The van der Waals surface area contributed by atoms with Crippen molar-refractivity contribution in [3.8, 4) is 5.69 Å². The quantitative estimate of drug-likeness (QED) is 0.809. The van der Waals surface area contributed by atoms with Gasteiger partial charge in [-0.1, -0.05) is 18.2 Å². The number of nitrogens with zero attached hydrogens (tertiary/aromatic N) is 2. The van der Waals surface area contributed by atoms with E-state index in [9.17, 15) is 10.1 Å². The Morgan fingerprint density at radius 3 is 2.29 bits per heavy atom. The van der Waals surface area contributed by atoms with Crippen molar-refractivity contribution in [3.05, 3.63) is 42.6 Å². The van der Waals surface area contributed by atoms with Crippen LogP contribution in [0.25, 0.3) is 5.69 Å². The maximum Gasteiger partial charge on any atom is 0.511 e. The first-order valence-corrected chi connectivity index (χ1v) is 6.90. The molecule has 0 aliphatic rings. The Balaban J connectivity index is 2.26. The summed E-state index contributed by atoms with van der Waals surface area (Å²) in [5.74, 6) is 0. The van der Waals surface area contributed by atoms with E-state index in [1.165, 1.54) is 0 Å². The first-order valence-electron chi connectivity index (χ1n) is 6.90. The van der Waals surface area contributed by atoms with Crippen LogP contribution in [0, 0.1) is 0 Å². The van der Waals surface area contributed by atoms with E-state index in [2.05, 4.69) is 5.10 Å². The average Bonchev–Trinajstić information content (AvgIpc) is 2.87. The number of aliphatic hydroxyl groups is 1. The largest absolute Gasteiger partial charge is 0.511 e. The molecule has 5 nitrogen and oxygen atoms in total. The van der Waals surface area contributed by atoms with Gasteiger partial charge in [0.15, 0.2) is 0 Å². The fourth-order valence-electron chi connectivity index (χ4n) is 1.77. The summed E-state index contributed by atoms with van der Waals surface area (Å²) in [5, 5.41) is 24.7. The number of rotatable bonds is 5. The van der Waals surface area contributed by atoms with Crippen LogP contribution in [0.4, 0.5) is 0 Å². The van der Waals surface area contributed by atoms with Crippen LogP contribution < -0.4 is 5.59 Å². The molecule has 2 N–H and O–H groups in total. The Hall–Kier alpha value is -1.63. The van der Waals surface area contributed by atoms with Gasteiger partial charge in [-0.05, 0) is 45.9 Å². The minimum absolute atomic E-state index is 0.513. The van der Waals surface area contributed by atoms with E-state index in [-0.39, 0.29) is 0 Å². The molecular formula is C15H21BN2O3. The molecule has 0 bridgehead atoms. The van der Waals surface area contributed by atoms with Gasteiger partial charge in [0.2, 0.25) is 0 Å². The van der Waals surface area contributed by atoms with Crippen molar-refractivity contribution in [1.82, 2.24) is 9.78 Å². The first kappa shape index (κ1) is 15.8. The van der Waals surface area contributed by atoms with E-state index < -0.39 is 18.3 Å². The zero-order valence-electron chi connectivity index (χ0n) is 12.8. The number of para-hydroxylation sites is 1. The Labute approximate surface area is 125 Å². The van der Waals surface area contributed by atoms with E-state index >= 15 is 0 Å². The highest BCUT2D eigenvalue weighted by Crippen LogP contribution is 2.25. The summed E-state index contributed by atoms with van der Waals surface area (Å²) in [7, 11) is -1.19. The summed E-state index contributed by atoms with van der Waals surface area (Å²) in [6.07, 6.45) is 1.60. The molecular weight excluding hydrogens is 267 g/mol. The van der Waals surface area contributed by atoms with Gasteiger partial charge in [-0.15, -0.1) is 0 Å². The third-order valence-corrected chi connectivity index (χ3v) is 3.81. The molecule has 1 aromatic heterocycles. The van der Waals surface area contributed by atoms with Gasteiger partial charge in [-0.2, -0.15) is 5.10 Å². The lowest BCUT2D eigenvalue weighted by Crippen LogP contribution is -2.54. The predicted molar refractivity (Wildman–Crippen MR) is 82.6 cm³/mol. The van der Waals surface area contributed by atoms with Gasteiger partial charge in [0.25, 0.3) is 0 Å². The number of benzene rings is 1. The van der Waals surface area contributed by atoms with Gasteiger partial charge in [-0.25, -0.2) is 4.68 Å². The van der Waals surface area contributed by atoms with E-state index in [4.69, 9.17) is 4.65 Å². The summed E-state index contributed by atoms with van der Waals surface area (Å²) < 4.78 is 7.27. The van der Waals surface area contributed by atoms with Crippen LogP contribution >= 0.6 is 0 Å². The molecule has 6 heteroatoms. The fourth-order valence-corrected chi connectivity index (χ4v) is 1.77. The third-order valence-electron chi connectivity index (χ3n) is 3.81. The van der Waals surface area contributed by atoms with Gasteiger partial charge in [0.05, 0.1) is 22.5 Å². The number of hydrogen-bond acceptors (Lipinski definition) is 4. The summed E-state index contributed by atoms with van der Waals surface area (Å²) >= 11 is 0. The maximum atomic E-state index is 10.4. The SMILES string of the molecule is CC(C)(O)C(C)(C)OB(O)c1ccnn1-c1ccccc1. The first-order chi connectivity index (χ1) is 9.72. The molecule has 2 rings (SSSR count). The zero-order chi connectivity index (χ0) is 15.7. The predicted octanol–water partition coefficient (Wildman–Crippen LogP) is 1.13. The maximum absolute atomic E-state index is 10.4. The van der Waals surface area contributed by atoms with Crippen LogP contribution in [0.5, 0.6) is 0 Å². The van der Waals surface area contributed by atoms with Gasteiger partial charge in [0, 0.05) is 6.20 Å². The topological polar surface area (TPSA) is 67.5 Å². The third kappa shape index (κ3) is 3.35. The van der Waals surface area contributed by atoms with E-state index in [1.54, 1.807) is 44.6 Å². The molecule has 21 heavy (non-hydrogen) atoms. The monoisotopic (exact) mass is 288 g/mol. The average molecular weight is 288 g/mol. The molecule has 0 saturated carbocycles. The second-order valence-electron chi connectivity index (χ2n) is 6.04. The molecule has 0 atom stereocenters. The molecule has 0 aliphatic heterocycles. The van der Waals surface area contributed by atoms with Gasteiger partial charge < -0.3 is 14.8 Å². The van der Waals surface area contributed by atoms with Crippen molar-refractivity contribution >= 4 is 12.7 Å². The van der Waals surface area contributed by atoms with Crippen LogP contribution in [0.3, 0.4) is 0 Å². The Bertz CT molecular complexity index is 590. The highest BCUT2D eigenvalue weighted by atomic mass is 16.5. The normalized spacial score (nSPS) is 12.5. The molecule has 112 valence electrons. The molecule has 1 aromatic carbocycles. The van der Waals surface area contributed by atoms with Crippen molar-refractivity contribution in [2.75, 3.05) is 0 Å². The van der Waals surface area contributed by atoms with Crippen LogP contribution in [-0.4, -0.2) is 38.2 Å². The Morgan fingerprint density at radius 1 is 1.10 bits per heavy atom. The number of hydrogen-bond donors (Lipinski definition) is 2. The molecule has 0 aliphatic carbocycles. The van der Waals surface area contributed by atoms with Crippen LogP contribution in [0.1, 0.15) is 27.7 Å². The molecule has 0 spiro atoms.